The van der Waals surface area contributed by atoms with E-state index < -0.39 is 30.3 Å². The fourth-order valence-electron chi connectivity index (χ4n) is 0.696. The van der Waals surface area contributed by atoms with Crippen LogP contribution in [-0.2, 0) is 10.2 Å². The predicted octanol–water partition coefficient (Wildman–Crippen LogP) is 2.23. The first-order chi connectivity index (χ1) is 5.84. The number of hydrogen-bond acceptors (Lipinski definition) is 2. The minimum Gasteiger partial charge on any atom is -0.206 e. The molecule has 0 aliphatic carbocycles. The van der Waals surface area contributed by atoms with Gasteiger partial charge < -0.3 is 0 Å². The van der Waals surface area contributed by atoms with Crippen LogP contribution in [0.1, 0.15) is 0 Å². The molecule has 0 heterocycles. The Morgan fingerprint density at radius 2 is 1.77 bits per heavy atom. The quantitative estimate of drug-likeness (QED) is 0.451. The minimum absolute atomic E-state index is 0.544. The van der Waals surface area contributed by atoms with Gasteiger partial charge in [-0.2, -0.15) is 8.42 Å². The van der Waals surface area contributed by atoms with Crippen molar-refractivity contribution in [2.75, 3.05) is 0 Å². The van der Waals surface area contributed by atoms with Crippen molar-refractivity contribution in [3.05, 3.63) is 27.3 Å². The Bertz CT molecular complexity index is 443. The molecule has 7 heteroatoms. The molecule has 0 radical (unpaired) electrons. The van der Waals surface area contributed by atoms with Gasteiger partial charge >= 0.3 is 10.2 Å². The fraction of sp³-hybridized carbons (Fsp3) is 0. The van der Waals surface area contributed by atoms with Gasteiger partial charge in [-0.1, -0.05) is 0 Å². The monoisotopic (exact) mass is 322 g/mol. The molecule has 0 unspecified atom stereocenters. The van der Waals surface area contributed by atoms with Crippen molar-refractivity contribution in [3.63, 3.8) is 0 Å². The van der Waals surface area contributed by atoms with E-state index in [4.69, 9.17) is 0 Å². The Morgan fingerprint density at radius 3 is 2.23 bits per heavy atom. The third kappa shape index (κ3) is 2.13. The molecule has 2 nitrogen and oxygen atoms in total. The average molecular weight is 322 g/mol. The summed E-state index contributed by atoms with van der Waals surface area (Å²) < 4.78 is 57.8. The van der Waals surface area contributed by atoms with Crippen LogP contribution in [0.5, 0.6) is 0 Å². The Hall–Kier alpha value is -0.310. The van der Waals surface area contributed by atoms with Crippen LogP contribution in [0, 0.1) is 15.2 Å². The Morgan fingerprint density at radius 1 is 1.23 bits per heavy atom. The van der Waals surface area contributed by atoms with Crippen molar-refractivity contribution >= 4 is 32.8 Å². The third-order valence-electron chi connectivity index (χ3n) is 1.26. The first kappa shape index (κ1) is 10.8. The van der Waals surface area contributed by atoms with Gasteiger partial charge in [-0.15, -0.1) is 3.89 Å². The molecule has 1 aromatic carbocycles. The van der Waals surface area contributed by atoms with Gasteiger partial charge in [0.2, 0.25) is 0 Å². The molecule has 1 rings (SSSR count). The molecule has 0 aromatic heterocycles. The van der Waals surface area contributed by atoms with E-state index in [9.17, 15) is 21.1 Å². The summed E-state index contributed by atoms with van der Waals surface area (Å²) >= 11 is 1.25. The molecule has 1 aromatic rings. The summed E-state index contributed by atoms with van der Waals surface area (Å²) in [5.41, 5.74) is 0. The molecular weight excluding hydrogens is 320 g/mol. The second kappa shape index (κ2) is 3.45. The van der Waals surface area contributed by atoms with Gasteiger partial charge in [0.15, 0.2) is 5.82 Å². The zero-order chi connectivity index (χ0) is 10.2. The van der Waals surface area contributed by atoms with Crippen molar-refractivity contribution < 1.29 is 21.1 Å². The lowest BCUT2D eigenvalue weighted by molar-refractivity contribution is 0.520. The highest BCUT2D eigenvalue weighted by molar-refractivity contribution is 14.1. The number of benzene rings is 1. The summed E-state index contributed by atoms with van der Waals surface area (Å²) in [5.74, 6) is -2.33. The van der Waals surface area contributed by atoms with Crippen LogP contribution < -0.4 is 0 Å². The first-order valence-electron chi connectivity index (χ1n) is 2.92. The molecule has 0 spiro atoms. The predicted molar refractivity (Wildman–Crippen MR) is 47.4 cm³/mol. The molecule has 0 N–H and O–H groups in total. The fourth-order valence-corrected chi connectivity index (χ4v) is 1.90. The molecule has 0 amide bonds. The topological polar surface area (TPSA) is 34.1 Å². The molecular formula is C6H2F3IO2S. The molecule has 13 heavy (non-hydrogen) atoms. The van der Waals surface area contributed by atoms with Gasteiger partial charge in [0, 0.05) is 0 Å². The lowest BCUT2D eigenvalue weighted by Crippen LogP contribution is -2.00. The second-order valence-corrected chi connectivity index (χ2v) is 4.51. The highest BCUT2D eigenvalue weighted by atomic mass is 127. The third-order valence-corrected chi connectivity index (χ3v) is 3.09. The molecule has 0 fully saturated rings. The number of rotatable bonds is 1. The summed E-state index contributed by atoms with van der Waals surface area (Å²) in [6.45, 7) is 0. The van der Waals surface area contributed by atoms with Crippen molar-refractivity contribution in [1.82, 2.24) is 0 Å². The lowest BCUT2D eigenvalue weighted by Gasteiger charge is -2.00. The van der Waals surface area contributed by atoms with Crippen LogP contribution in [0.15, 0.2) is 17.0 Å². The summed E-state index contributed by atoms with van der Waals surface area (Å²) in [6.07, 6.45) is 0. The Balaban J connectivity index is 3.53. The van der Waals surface area contributed by atoms with E-state index in [1.54, 1.807) is 0 Å². The molecule has 72 valence electrons. The second-order valence-electron chi connectivity index (χ2n) is 2.11. The zero-order valence-electron chi connectivity index (χ0n) is 5.89. The van der Waals surface area contributed by atoms with Crippen molar-refractivity contribution in [2.24, 2.45) is 0 Å². The van der Waals surface area contributed by atoms with Gasteiger partial charge in [0.25, 0.3) is 0 Å². The summed E-state index contributed by atoms with van der Waals surface area (Å²) in [7, 11) is -5.12. The highest BCUT2D eigenvalue weighted by Crippen LogP contribution is 2.23. The highest BCUT2D eigenvalue weighted by Gasteiger charge is 2.21. The van der Waals surface area contributed by atoms with Crippen LogP contribution in [0.3, 0.4) is 0 Å². The molecule has 0 saturated carbocycles. The molecule has 0 aliphatic heterocycles. The van der Waals surface area contributed by atoms with Crippen molar-refractivity contribution in [3.8, 4) is 0 Å². The van der Waals surface area contributed by atoms with Crippen LogP contribution in [0.4, 0.5) is 12.7 Å². The molecule has 0 bridgehead atoms. The Labute approximate surface area is 86.1 Å². The normalized spacial score (nSPS) is 11.7. The SMILES string of the molecule is O=S(=O)(F)c1ccc(F)c(I)c1F. The van der Waals surface area contributed by atoms with Crippen LogP contribution in [-0.4, -0.2) is 8.42 Å². The van der Waals surface area contributed by atoms with Gasteiger partial charge in [-0.25, -0.2) is 8.78 Å². The zero-order valence-corrected chi connectivity index (χ0v) is 8.87. The Kier molecular flexibility index (Phi) is 2.85. The molecule has 0 atom stereocenters. The molecule has 0 saturated heterocycles. The maximum atomic E-state index is 12.9. The van der Waals surface area contributed by atoms with E-state index in [0.29, 0.717) is 12.1 Å². The summed E-state index contributed by atoms with van der Waals surface area (Å²) in [5, 5.41) is 0. The maximum Gasteiger partial charge on any atom is 0.335 e. The lowest BCUT2D eigenvalue weighted by atomic mass is 10.3. The summed E-state index contributed by atoms with van der Waals surface area (Å²) in [4.78, 5) is -1.14. The molecule has 0 aliphatic rings. The van der Waals surface area contributed by atoms with E-state index in [1.807, 2.05) is 0 Å². The van der Waals surface area contributed by atoms with Crippen molar-refractivity contribution in [2.45, 2.75) is 4.90 Å². The van der Waals surface area contributed by atoms with Gasteiger partial charge in [0.1, 0.15) is 10.7 Å². The van der Waals surface area contributed by atoms with E-state index >= 15 is 0 Å². The average Bonchev–Trinajstić information content (AvgIpc) is 1.98. The van der Waals surface area contributed by atoms with Crippen molar-refractivity contribution in [1.29, 1.82) is 0 Å². The maximum absolute atomic E-state index is 12.9. The van der Waals surface area contributed by atoms with Gasteiger partial charge in [-0.05, 0) is 34.7 Å². The van der Waals surface area contributed by atoms with E-state index in [0.717, 1.165) is 0 Å². The van der Waals surface area contributed by atoms with E-state index in [-0.39, 0.29) is 0 Å². The standard InChI is InChI=1S/C6H2F3IO2S/c7-3-1-2-4(13(9,11)12)5(8)6(3)10/h1-2H. The number of hydrogen-bond donors (Lipinski definition) is 0. The summed E-state index contributed by atoms with van der Waals surface area (Å²) in [6, 6.07) is 1.24. The van der Waals surface area contributed by atoms with E-state index in [1.165, 1.54) is 22.6 Å². The van der Waals surface area contributed by atoms with Crippen LogP contribution >= 0.6 is 22.6 Å². The van der Waals surface area contributed by atoms with Gasteiger partial charge in [-0.3, -0.25) is 0 Å². The smallest absolute Gasteiger partial charge is 0.206 e. The minimum atomic E-state index is -5.12. The first-order valence-corrected chi connectivity index (χ1v) is 5.38. The van der Waals surface area contributed by atoms with E-state index in [2.05, 4.69) is 0 Å². The van der Waals surface area contributed by atoms with Gasteiger partial charge in [0.05, 0.1) is 3.57 Å². The largest absolute Gasteiger partial charge is 0.335 e. The van der Waals surface area contributed by atoms with Crippen LogP contribution in [0.25, 0.3) is 0 Å². The number of halogens is 4. The van der Waals surface area contributed by atoms with Crippen LogP contribution in [0.2, 0.25) is 0 Å².